The van der Waals surface area contributed by atoms with Crippen molar-refractivity contribution in [3.05, 3.63) is 60.2 Å². The molecule has 0 bridgehead atoms. The van der Waals surface area contributed by atoms with E-state index in [1.165, 1.54) is 18.2 Å². The summed E-state index contributed by atoms with van der Waals surface area (Å²) in [6.45, 7) is 8.70. The van der Waals surface area contributed by atoms with Crippen molar-refractivity contribution in [1.82, 2.24) is 0 Å². The Morgan fingerprint density at radius 2 is 1.72 bits per heavy atom. The van der Waals surface area contributed by atoms with E-state index in [0.717, 1.165) is 12.2 Å². The van der Waals surface area contributed by atoms with Crippen LogP contribution in [0.25, 0.3) is 0 Å². The van der Waals surface area contributed by atoms with Crippen LogP contribution in [-0.2, 0) is 9.53 Å². The van der Waals surface area contributed by atoms with Gasteiger partial charge in [0.15, 0.2) is 0 Å². The fourth-order valence-electron chi connectivity index (χ4n) is 2.45. The summed E-state index contributed by atoms with van der Waals surface area (Å²) in [6, 6.07) is 11.3. The van der Waals surface area contributed by atoms with Crippen LogP contribution >= 0.6 is 0 Å². The first kappa shape index (κ1) is 21.6. The Balaban J connectivity index is 2.00. The van der Waals surface area contributed by atoms with Gasteiger partial charge in [0.05, 0.1) is 17.9 Å². The first-order chi connectivity index (χ1) is 13.8. The van der Waals surface area contributed by atoms with Gasteiger partial charge in [-0.1, -0.05) is 6.58 Å². The summed E-state index contributed by atoms with van der Waals surface area (Å²) >= 11 is 0. The molecule has 2 rings (SSSR count). The highest BCUT2D eigenvalue weighted by atomic mass is 16.5. The van der Waals surface area contributed by atoms with Crippen LogP contribution in [0.15, 0.2) is 64.8 Å². The zero-order valence-corrected chi connectivity index (χ0v) is 16.3. The molecule has 2 aromatic carbocycles. The van der Waals surface area contributed by atoms with E-state index < -0.39 is 11.9 Å². The van der Waals surface area contributed by atoms with Gasteiger partial charge in [-0.15, -0.1) is 0 Å². The molecule has 0 spiro atoms. The molecule has 0 saturated heterocycles. The number of anilines is 1. The molecule has 152 valence electrons. The molecular weight excluding hydrogens is 374 g/mol. The van der Waals surface area contributed by atoms with Crippen molar-refractivity contribution < 1.29 is 24.5 Å². The fourth-order valence-corrected chi connectivity index (χ4v) is 2.45. The zero-order chi connectivity index (χ0) is 21.4. The zero-order valence-electron chi connectivity index (χ0n) is 16.3. The third-order valence-corrected chi connectivity index (χ3v) is 4.03. The Hall–Kier alpha value is -3.68. The fraction of sp³-hybridized carbons (Fsp3) is 0.238. The van der Waals surface area contributed by atoms with Crippen molar-refractivity contribution in [3.63, 3.8) is 0 Å². The topological polar surface area (TPSA) is 112 Å². The van der Waals surface area contributed by atoms with Crippen molar-refractivity contribution in [2.75, 3.05) is 24.6 Å². The maximum atomic E-state index is 11.4. The van der Waals surface area contributed by atoms with Crippen molar-refractivity contribution in [1.29, 1.82) is 0 Å². The molecular formula is C21H23N3O5. The molecule has 0 radical (unpaired) electrons. The van der Waals surface area contributed by atoms with Gasteiger partial charge in [-0.2, -0.15) is 10.2 Å². The van der Waals surface area contributed by atoms with E-state index in [1.54, 1.807) is 19.1 Å². The number of aromatic carboxylic acids is 1. The normalized spacial score (nSPS) is 10.7. The van der Waals surface area contributed by atoms with Crippen LogP contribution in [0.4, 0.5) is 17.1 Å². The molecule has 0 aliphatic heterocycles. The number of likely N-dealkylation sites (N-methyl/N-ethyl adjacent to an activating group) is 1. The number of azo groups is 1. The van der Waals surface area contributed by atoms with Gasteiger partial charge < -0.3 is 19.8 Å². The second-order valence-electron chi connectivity index (χ2n) is 6.22. The Labute approximate surface area is 168 Å². The van der Waals surface area contributed by atoms with Gasteiger partial charge in [-0.3, -0.25) is 0 Å². The number of carbonyl (C=O) groups excluding carboxylic acids is 1. The highest BCUT2D eigenvalue weighted by Crippen LogP contribution is 2.26. The number of carboxylic acids is 1. The van der Waals surface area contributed by atoms with E-state index in [-0.39, 0.29) is 17.9 Å². The molecule has 2 N–H and O–H groups in total. The van der Waals surface area contributed by atoms with Gasteiger partial charge in [-0.25, -0.2) is 9.59 Å². The highest BCUT2D eigenvalue weighted by molar-refractivity contribution is 5.91. The van der Waals surface area contributed by atoms with Gasteiger partial charge in [0.25, 0.3) is 0 Å². The van der Waals surface area contributed by atoms with E-state index in [0.29, 0.717) is 23.5 Å². The van der Waals surface area contributed by atoms with E-state index in [1.807, 2.05) is 19.1 Å². The van der Waals surface area contributed by atoms with Crippen molar-refractivity contribution >= 4 is 29.0 Å². The predicted octanol–water partition coefficient (Wildman–Crippen LogP) is 4.45. The Bertz CT molecular complexity index is 922. The molecule has 0 unspecified atom stereocenters. The number of hydrogen-bond acceptors (Lipinski definition) is 7. The molecule has 2 aromatic rings. The Morgan fingerprint density at radius 1 is 1.10 bits per heavy atom. The van der Waals surface area contributed by atoms with Crippen molar-refractivity contribution in [3.8, 4) is 5.75 Å². The molecule has 0 heterocycles. The number of hydrogen-bond donors (Lipinski definition) is 2. The average Bonchev–Trinajstić information content (AvgIpc) is 2.69. The lowest BCUT2D eigenvalue weighted by molar-refractivity contribution is -0.138. The first-order valence-corrected chi connectivity index (χ1v) is 8.97. The lowest BCUT2D eigenvalue weighted by Crippen LogP contribution is -2.28. The standard InChI is InChI=1S/C21H23N3O5/c1-4-24(11-12-29-21(28)14(2)3)17-8-5-15(6-9-17)22-23-16-7-10-18(20(26)27)19(25)13-16/h5-10,13,25H,2,4,11-12H2,1,3H3,(H,26,27). The number of rotatable bonds is 9. The lowest BCUT2D eigenvalue weighted by atomic mass is 10.2. The molecule has 0 aliphatic carbocycles. The number of nitrogens with zero attached hydrogens (tertiary/aromatic N) is 3. The van der Waals surface area contributed by atoms with Crippen molar-refractivity contribution in [2.45, 2.75) is 13.8 Å². The molecule has 0 saturated carbocycles. The number of carbonyl (C=O) groups is 2. The molecule has 0 amide bonds. The van der Waals surface area contributed by atoms with Crippen LogP contribution in [0.1, 0.15) is 24.2 Å². The highest BCUT2D eigenvalue weighted by Gasteiger charge is 2.10. The van der Waals surface area contributed by atoms with E-state index in [4.69, 9.17) is 9.84 Å². The monoisotopic (exact) mass is 397 g/mol. The number of aromatic hydroxyl groups is 1. The summed E-state index contributed by atoms with van der Waals surface area (Å²) in [5.74, 6) is -1.98. The number of benzene rings is 2. The van der Waals surface area contributed by atoms with Crippen LogP contribution in [0.2, 0.25) is 0 Å². The number of esters is 1. The van der Waals surface area contributed by atoms with Crippen LogP contribution < -0.4 is 4.90 Å². The molecule has 0 aliphatic rings. The van der Waals surface area contributed by atoms with Gasteiger partial charge in [0.2, 0.25) is 0 Å². The van der Waals surface area contributed by atoms with Gasteiger partial charge in [0, 0.05) is 23.9 Å². The summed E-state index contributed by atoms with van der Waals surface area (Å²) in [4.78, 5) is 24.4. The number of carboxylic acid groups (broad SMARTS) is 1. The average molecular weight is 397 g/mol. The minimum Gasteiger partial charge on any atom is -0.507 e. The second kappa shape index (κ2) is 10.0. The molecule has 8 nitrogen and oxygen atoms in total. The maximum absolute atomic E-state index is 11.4. The minimum absolute atomic E-state index is 0.193. The predicted molar refractivity (Wildman–Crippen MR) is 109 cm³/mol. The van der Waals surface area contributed by atoms with Crippen molar-refractivity contribution in [2.24, 2.45) is 10.2 Å². The summed E-state index contributed by atoms with van der Waals surface area (Å²) < 4.78 is 5.13. The van der Waals surface area contributed by atoms with Gasteiger partial charge in [-0.05, 0) is 50.2 Å². The summed E-state index contributed by atoms with van der Waals surface area (Å²) in [5.41, 5.74) is 2.06. The summed E-state index contributed by atoms with van der Waals surface area (Å²) in [5, 5.41) is 26.7. The maximum Gasteiger partial charge on any atom is 0.339 e. The minimum atomic E-state index is -1.21. The smallest absolute Gasteiger partial charge is 0.339 e. The van der Waals surface area contributed by atoms with Gasteiger partial charge >= 0.3 is 11.9 Å². The molecule has 29 heavy (non-hydrogen) atoms. The third kappa shape index (κ3) is 6.17. The largest absolute Gasteiger partial charge is 0.507 e. The van der Waals surface area contributed by atoms with Crippen LogP contribution in [0, 0.1) is 0 Å². The lowest BCUT2D eigenvalue weighted by Gasteiger charge is -2.22. The number of ether oxygens (including phenoxy) is 1. The molecule has 0 fully saturated rings. The molecule has 0 atom stereocenters. The van der Waals surface area contributed by atoms with E-state index in [9.17, 15) is 14.7 Å². The second-order valence-corrected chi connectivity index (χ2v) is 6.22. The van der Waals surface area contributed by atoms with Crippen LogP contribution in [0.3, 0.4) is 0 Å². The Morgan fingerprint density at radius 3 is 2.28 bits per heavy atom. The van der Waals surface area contributed by atoms with Gasteiger partial charge in [0.1, 0.15) is 17.9 Å². The summed E-state index contributed by atoms with van der Waals surface area (Å²) in [7, 11) is 0. The number of phenols is 1. The first-order valence-electron chi connectivity index (χ1n) is 8.97. The SMILES string of the molecule is C=C(C)C(=O)OCCN(CC)c1ccc(N=Nc2ccc(C(=O)O)c(O)c2)cc1. The molecule has 8 heteroatoms. The van der Waals surface area contributed by atoms with E-state index in [2.05, 4.69) is 21.7 Å². The third-order valence-electron chi connectivity index (χ3n) is 4.03. The molecule has 0 aromatic heterocycles. The Kier molecular flexibility index (Phi) is 7.47. The van der Waals surface area contributed by atoms with E-state index >= 15 is 0 Å². The van der Waals surface area contributed by atoms with Crippen LogP contribution in [-0.4, -0.2) is 41.8 Å². The summed E-state index contributed by atoms with van der Waals surface area (Å²) in [6.07, 6.45) is 0. The quantitative estimate of drug-likeness (QED) is 0.367. The van der Waals surface area contributed by atoms with Crippen LogP contribution in [0.5, 0.6) is 5.75 Å².